The lowest BCUT2D eigenvalue weighted by Crippen LogP contribution is -2.24. The number of ether oxygens (including phenoxy) is 1. The highest BCUT2D eigenvalue weighted by Crippen LogP contribution is 2.36. The molecule has 1 aromatic rings. The second-order valence-corrected chi connectivity index (χ2v) is 5.76. The van der Waals surface area contributed by atoms with Gasteiger partial charge >= 0.3 is 5.97 Å². The van der Waals surface area contributed by atoms with Crippen LogP contribution in [0.25, 0.3) is 0 Å². The maximum Gasteiger partial charge on any atom is 0.335 e. The molecule has 0 fully saturated rings. The lowest BCUT2D eigenvalue weighted by atomic mass is 9.87. The largest absolute Gasteiger partial charge is 0.508 e. The molecule has 0 aliphatic heterocycles. The number of carbonyl (C=O) groups is 1. The number of hydrogen-bond donors (Lipinski definition) is 2. The molecule has 0 heterocycles. The molecule has 0 bridgehead atoms. The molecule has 4 nitrogen and oxygen atoms in total. The van der Waals surface area contributed by atoms with E-state index in [2.05, 4.69) is 13.8 Å². The molecule has 0 aliphatic rings. The molecule has 1 unspecified atom stereocenters. The predicted molar refractivity (Wildman–Crippen MR) is 78.1 cm³/mol. The number of carboxylic acids is 1. The van der Waals surface area contributed by atoms with Gasteiger partial charge in [-0.05, 0) is 37.8 Å². The number of benzene rings is 1. The van der Waals surface area contributed by atoms with Gasteiger partial charge in [0.05, 0.1) is 11.2 Å². The van der Waals surface area contributed by atoms with Gasteiger partial charge in [0.25, 0.3) is 0 Å². The molecule has 1 atom stereocenters. The fraction of sp³-hybridized carbons (Fsp3) is 0.562. The highest BCUT2D eigenvalue weighted by atomic mass is 16.5. The average molecular weight is 280 g/mol. The van der Waals surface area contributed by atoms with Crippen LogP contribution in [-0.2, 0) is 10.3 Å². The first-order chi connectivity index (χ1) is 9.30. The first-order valence-corrected chi connectivity index (χ1v) is 6.92. The highest BCUT2D eigenvalue weighted by Gasteiger charge is 2.29. The maximum absolute atomic E-state index is 10.9. The van der Waals surface area contributed by atoms with Crippen LogP contribution in [0.3, 0.4) is 0 Å². The molecule has 2 N–H and O–H groups in total. The fourth-order valence-electron chi connectivity index (χ4n) is 2.31. The van der Waals surface area contributed by atoms with E-state index in [1.54, 1.807) is 13.2 Å². The molecule has 112 valence electrons. The summed E-state index contributed by atoms with van der Waals surface area (Å²) < 4.78 is 5.58. The van der Waals surface area contributed by atoms with Crippen LogP contribution in [0.1, 0.15) is 56.0 Å². The topological polar surface area (TPSA) is 66.8 Å². The van der Waals surface area contributed by atoms with Gasteiger partial charge in [-0.3, -0.25) is 0 Å². The van der Waals surface area contributed by atoms with E-state index < -0.39 is 11.6 Å². The van der Waals surface area contributed by atoms with Crippen molar-refractivity contribution in [3.8, 4) is 5.75 Å². The second kappa shape index (κ2) is 6.75. The molecule has 1 aromatic carbocycles. The van der Waals surface area contributed by atoms with Gasteiger partial charge in [0.15, 0.2) is 0 Å². The number of rotatable bonds is 7. The zero-order valence-electron chi connectivity index (χ0n) is 12.6. The minimum absolute atomic E-state index is 0.0289. The number of aromatic hydroxyl groups is 1. The maximum atomic E-state index is 10.9. The summed E-state index contributed by atoms with van der Waals surface area (Å²) in [7, 11) is 1.61. The zero-order chi connectivity index (χ0) is 15.3. The third-order valence-corrected chi connectivity index (χ3v) is 3.70. The SMILES string of the molecule is COC(C)(CCCC(C)C)c1ccc(C(=O)O)cc1O. The molecule has 4 heteroatoms. The van der Waals surface area contributed by atoms with Gasteiger partial charge in [0, 0.05) is 12.7 Å². The van der Waals surface area contributed by atoms with Crippen molar-refractivity contribution < 1.29 is 19.7 Å². The standard InChI is InChI=1S/C16H24O4/c1-11(2)6-5-9-16(3,20-4)13-8-7-12(15(18)19)10-14(13)17/h7-8,10-11,17H,5-6,9H2,1-4H3,(H,18,19). The van der Waals surface area contributed by atoms with Gasteiger partial charge in [-0.2, -0.15) is 0 Å². The van der Waals surface area contributed by atoms with Crippen LogP contribution in [0, 0.1) is 5.92 Å². The van der Waals surface area contributed by atoms with Crippen LogP contribution in [0.15, 0.2) is 18.2 Å². The van der Waals surface area contributed by atoms with Crippen LogP contribution >= 0.6 is 0 Å². The number of hydrogen-bond acceptors (Lipinski definition) is 3. The van der Waals surface area contributed by atoms with E-state index in [9.17, 15) is 9.90 Å². The molecule has 0 aliphatic carbocycles. The van der Waals surface area contributed by atoms with Gasteiger partial charge in [0.2, 0.25) is 0 Å². The van der Waals surface area contributed by atoms with E-state index in [0.29, 0.717) is 11.5 Å². The average Bonchev–Trinajstić information content (AvgIpc) is 2.37. The molecule has 0 aromatic heterocycles. The van der Waals surface area contributed by atoms with Crippen LogP contribution in [0.2, 0.25) is 0 Å². The predicted octanol–water partition coefficient (Wildman–Crippen LogP) is 3.78. The Balaban J connectivity index is 2.96. The van der Waals surface area contributed by atoms with Crippen molar-refractivity contribution in [3.05, 3.63) is 29.3 Å². The van der Waals surface area contributed by atoms with E-state index in [1.807, 2.05) is 6.92 Å². The molecule has 1 rings (SSSR count). The number of phenols is 1. The van der Waals surface area contributed by atoms with E-state index in [4.69, 9.17) is 9.84 Å². The van der Waals surface area contributed by atoms with Crippen molar-refractivity contribution in [1.29, 1.82) is 0 Å². The lowest BCUT2D eigenvalue weighted by Gasteiger charge is -2.30. The first-order valence-electron chi connectivity index (χ1n) is 6.92. The van der Waals surface area contributed by atoms with Crippen molar-refractivity contribution >= 4 is 5.97 Å². The van der Waals surface area contributed by atoms with E-state index in [0.717, 1.165) is 19.3 Å². The fourth-order valence-corrected chi connectivity index (χ4v) is 2.31. The summed E-state index contributed by atoms with van der Waals surface area (Å²) in [5, 5.41) is 19.0. The quantitative estimate of drug-likeness (QED) is 0.797. The summed E-state index contributed by atoms with van der Waals surface area (Å²) in [5.74, 6) is -0.455. The van der Waals surface area contributed by atoms with Crippen molar-refractivity contribution in [2.75, 3.05) is 7.11 Å². The van der Waals surface area contributed by atoms with Crippen LogP contribution in [0.5, 0.6) is 5.75 Å². The Hall–Kier alpha value is -1.55. The summed E-state index contributed by atoms with van der Waals surface area (Å²) in [5.41, 5.74) is 0.108. The Morgan fingerprint density at radius 1 is 1.40 bits per heavy atom. The van der Waals surface area contributed by atoms with Crippen LogP contribution < -0.4 is 0 Å². The molecule has 0 radical (unpaired) electrons. The van der Waals surface area contributed by atoms with Crippen LogP contribution in [-0.4, -0.2) is 23.3 Å². The van der Waals surface area contributed by atoms with Gasteiger partial charge in [-0.25, -0.2) is 4.79 Å². The van der Waals surface area contributed by atoms with Gasteiger partial charge in [-0.1, -0.05) is 26.3 Å². The Bertz CT molecular complexity index is 468. The monoisotopic (exact) mass is 280 g/mol. The number of aromatic carboxylic acids is 1. The van der Waals surface area contributed by atoms with Crippen LogP contribution in [0.4, 0.5) is 0 Å². The highest BCUT2D eigenvalue weighted by molar-refractivity contribution is 5.88. The third kappa shape index (κ3) is 3.97. The van der Waals surface area contributed by atoms with Crippen molar-refractivity contribution in [2.24, 2.45) is 5.92 Å². The zero-order valence-corrected chi connectivity index (χ0v) is 12.6. The molecule has 0 saturated heterocycles. The van der Waals surface area contributed by atoms with Crippen molar-refractivity contribution in [1.82, 2.24) is 0 Å². The van der Waals surface area contributed by atoms with Gasteiger partial charge in [-0.15, -0.1) is 0 Å². The van der Waals surface area contributed by atoms with E-state index >= 15 is 0 Å². The van der Waals surface area contributed by atoms with E-state index in [1.165, 1.54) is 12.1 Å². The molecule has 20 heavy (non-hydrogen) atoms. The summed E-state index contributed by atoms with van der Waals surface area (Å²) in [6.45, 7) is 6.26. The minimum atomic E-state index is -1.05. The van der Waals surface area contributed by atoms with Crippen molar-refractivity contribution in [2.45, 2.75) is 45.6 Å². The normalized spacial score (nSPS) is 14.2. The molecule has 0 saturated carbocycles. The Morgan fingerprint density at radius 2 is 2.05 bits per heavy atom. The van der Waals surface area contributed by atoms with E-state index in [-0.39, 0.29) is 11.3 Å². The Kier molecular flexibility index (Phi) is 5.57. The number of methoxy groups -OCH3 is 1. The summed E-state index contributed by atoms with van der Waals surface area (Å²) in [4.78, 5) is 10.9. The number of carboxylic acid groups (broad SMARTS) is 1. The Labute approximate surface area is 120 Å². The van der Waals surface area contributed by atoms with Gasteiger partial charge in [0.1, 0.15) is 5.75 Å². The minimum Gasteiger partial charge on any atom is -0.508 e. The summed E-state index contributed by atoms with van der Waals surface area (Å²) in [6.07, 6.45) is 2.86. The second-order valence-electron chi connectivity index (χ2n) is 5.76. The number of phenolic OH excluding ortho intramolecular Hbond substituents is 1. The summed E-state index contributed by atoms with van der Waals surface area (Å²) >= 11 is 0. The molecular formula is C16H24O4. The molecular weight excluding hydrogens is 256 g/mol. The van der Waals surface area contributed by atoms with Gasteiger partial charge < -0.3 is 14.9 Å². The Morgan fingerprint density at radius 3 is 2.50 bits per heavy atom. The molecule has 0 spiro atoms. The first kappa shape index (κ1) is 16.5. The smallest absolute Gasteiger partial charge is 0.335 e. The lowest BCUT2D eigenvalue weighted by molar-refractivity contribution is -0.00980. The van der Waals surface area contributed by atoms with Crippen molar-refractivity contribution in [3.63, 3.8) is 0 Å². The molecule has 0 amide bonds. The summed E-state index contributed by atoms with van der Waals surface area (Å²) in [6, 6.07) is 4.41. The third-order valence-electron chi connectivity index (χ3n) is 3.70.